The van der Waals surface area contributed by atoms with Crippen molar-refractivity contribution in [3.8, 4) is 5.75 Å². The van der Waals surface area contributed by atoms with E-state index in [9.17, 15) is 0 Å². The van der Waals surface area contributed by atoms with Gasteiger partial charge in [0.25, 0.3) is 0 Å². The molecular formula is C17H22ClNOS. The van der Waals surface area contributed by atoms with Gasteiger partial charge in [-0.2, -0.15) is 0 Å². The molecule has 21 heavy (non-hydrogen) atoms. The van der Waals surface area contributed by atoms with Crippen LogP contribution < -0.4 is 4.74 Å². The van der Waals surface area contributed by atoms with Gasteiger partial charge in [-0.1, -0.05) is 32.9 Å². The SMILES string of the molecule is CCC(Oc1cc(C(C)C)ccc1C)c1nc(CCl)cs1. The molecule has 2 rings (SSSR count). The molecule has 2 aromatic rings. The molecule has 1 heterocycles. The van der Waals surface area contributed by atoms with Crippen LogP contribution in [0, 0.1) is 6.92 Å². The minimum Gasteiger partial charge on any atom is -0.483 e. The van der Waals surface area contributed by atoms with Crippen LogP contribution in [-0.2, 0) is 5.88 Å². The summed E-state index contributed by atoms with van der Waals surface area (Å²) >= 11 is 7.45. The zero-order valence-electron chi connectivity index (χ0n) is 13.0. The second-order valence-electron chi connectivity index (χ2n) is 5.51. The van der Waals surface area contributed by atoms with E-state index in [1.807, 2.05) is 5.38 Å². The summed E-state index contributed by atoms with van der Waals surface area (Å²) in [6.45, 7) is 8.59. The van der Waals surface area contributed by atoms with Crippen LogP contribution in [0.25, 0.3) is 0 Å². The van der Waals surface area contributed by atoms with Crippen molar-refractivity contribution in [3.63, 3.8) is 0 Å². The molecule has 1 unspecified atom stereocenters. The monoisotopic (exact) mass is 323 g/mol. The Labute approximate surface area is 136 Å². The van der Waals surface area contributed by atoms with Gasteiger partial charge in [-0.05, 0) is 36.5 Å². The molecule has 0 fully saturated rings. The van der Waals surface area contributed by atoms with E-state index in [0.717, 1.165) is 28.4 Å². The zero-order chi connectivity index (χ0) is 15.4. The van der Waals surface area contributed by atoms with Crippen molar-refractivity contribution in [2.24, 2.45) is 0 Å². The van der Waals surface area contributed by atoms with Crippen molar-refractivity contribution in [2.45, 2.75) is 52.0 Å². The van der Waals surface area contributed by atoms with Crippen molar-refractivity contribution in [2.75, 3.05) is 0 Å². The smallest absolute Gasteiger partial charge is 0.150 e. The predicted octanol–water partition coefficient (Wildman–Crippen LogP) is 5.84. The zero-order valence-corrected chi connectivity index (χ0v) is 14.6. The van der Waals surface area contributed by atoms with E-state index < -0.39 is 0 Å². The molecule has 2 nitrogen and oxygen atoms in total. The van der Waals surface area contributed by atoms with E-state index in [4.69, 9.17) is 16.3 Å². The highest BCUT2D eigenvalue weighted by Gasteiger charge is 2.17. The second kappa shape index (κ2) is 7.28. The molecule has 0 spiro atoms. The van der Waals surface area contributed by atoms with Gasteiger partial charge in [-0.25, -0.2) is 4.98 Å². The number of rotatable bonds is 6. The Morgan fingerprint density at radius 1 is 1.33 bits per heavy atom. The fourth-order valence-electron chi connectivity index (χ4n) is 2.10. The Morgan fingerprint density at radius 3 is 2.67 bits per heavy atom. The average Bonchev–Trinajstić information content (AvgIpc) is 2.95. The van der Waals surface area contributed by atoms with Crippen molar-refractivity contribution >= 4 is 22.9 Å². The highest BCUT2D eigenvalue weighted by atomic mass is 35.5. The van der Waals surface area contributed by atoms with Crippen molar-refractivity contribution in [1.29, 1.82) is 0 Å². The normalized spacial score (nSPS) is 12.7. The number of hydrogen-bond acceptors (Lipinski definition) is 3. The third-order valence-corrected chi connectivity index (χ3v) is 4.76. The fraction of sp³-hybridized carbons (Fsp3) is 0.471. The average molecular weight is 324 g/mol. The lowest BCUT2D eigenvalue weighted by Crippen LogP contribution is -2.07. The van der Waals surface area contributed by atoms with Crippen LogP contribution in [0.1, 0.15) is 61.0 Å². The molecule has 1 aromatic heterocycles. The van der Waals surface area contributed by atoms with Crippen LogP contribution >= 0.6 is 22.9 Å². The molecule has 0 aliphatic heterocycles. The van der Waals surface area contributed by atoms with E-state index in [0.29, 0.717) is 11.8 Å². The minimum absolute atomic E-state index is 0.00641. The first-order valence-corrected chi connectivity index (χ1v) is 8.74. The highest BCUT2D eigenvalue weighted by Crippen LogP contribution is 2.31. The van der Waals surface area contributed by atoms with E-state index in [1.54, 1.807) is 11.3 Å². The largest absolute Gasteiger partial charge is 0.483 e. The van der Waals surface area contributed by atoms with Crippen molar-refractivity contribution in [3.05, 3.63) is 45.4 Å². The molecule has 0 amide bonds. The van der Waals surface area contributed by atoms with Crippen LogP contribution in [0.5, 0.6) is 5.75 Å². The molecule has 4 heteroatoms. The van der Waals surface area contributed by atoms with E-state index in [2.05, 4.69) is 50.9 Å². The first kappa shape index (κ1) is 16.3. The molecule has 0 aliphatic rings. The summed E-state index contributed by atoms with van der Waals surface area (Å²) < 4.78 is 6.23. The quantitative estimate of drug-likeness (QED) is 0.623. The molecule has 0 N–H and O–H groups in total. The standard InChI is InChI=1S/C17H22ClNOS/c1-5-15(17-19-14(9-18)10-21-17)20-16-8-13(11(2)3)7-6-12(16)4/h6-8,10-11,15H,5,9H2,1-4H3. The Bertz CT molecular complexity index is 594. The Hall–Kier alpha value is -1.06. The lowest BCUT2D eigenvalue weighted by atomic mass is 10.0. The van der Waals surface area contributed by atoms with Crippen LogP contribution in [0.15, 0.2) is 23.6 Å². The first-order chi connectivity index (χ1) is 10.0. The number of benzene rings is 1. The number of alkyl halides is 1. The summed E-state index contributed by atoms with van der Waals surface area (Å²) in [7, 11) is 0. The predicted molar refractivity (Wildman–Crippen MR) is 90.6 cm³/mol. The minimum atomic E-state index is -0.00641. The molecule has 114 valence electrons. The topological polar surface area (TPSA) is 22.1 Å². The van der Waals surface area contributed by atoms with E-state index in [-0.39, 0.29) is 6.10 Å². The lowest BCUT2D eigenvalue weighted by Gasteiger charge is -2.18. The van der Waals surface area contributed by atoms with Gasteiger partial charge in [0, 0.05) is 5.38 Å². The van der Waals surface area contributed by atoms with Gasteiger partial charge in [0.05, 0.1) is 11.6 Å². The van der Waals surface area contributed by atoms with Gasteiger partial charge in [-0.15, -0.1) is 22.9 Å². The lowest BCUT2D eigenvalue weighted by molar-refractivity contribution is 0.199. The summed E-state index contributed by atoms with van der Waals surface area (Å²) in [5, 5.41) is 3.01. The summed E-state index contributed by atoms with van der Waals surface area (Å²) in [4.78, 5) is 4.54. The van der Waals surface area contributed by atoms with Gasteiger partial charge < -0.3 is 4.74 Å². The van der Waals surface area contributed by atoms with Crippen molar-refractivity contribution < 1.29 is 4.74 Å². The number of halogens is 1. The van der Waals surface area contributed by atoms with Gasteiger partial charge in [0.2, 0.25) is 0 Å². The third kappa shape index (κ3) is 3.98. The fourth-order valence-corrected chi connectivity index (χ4v) is 3.25. The first-order valence-electron chi connectivity index (χ1n) is 7.32. The summed E-state index contributed by atoms with van der Waals surface area (Å²) in [6, 6.07) is 6.45. The summed E-state index contributed by atoms with van der Waals surface area (Å²) in [5.41, 5.74) is 3.38. The molecule has 0 saturated carbocycles. The number of thiazole rings is 1. The van der Waals surface area contributed by atoms with E-state index >= 15 is 0 Å². The van der Waals surface area contributed by atoms with Crippen LogP contribution in [0.4, 0.5) is 0 Å². The number of hydrogen-bond donors (Lipinski definition) is 0. The molecule has 1 atom stereocenters. The van der Waals surface area contributed by atoms with Gasteiger partial charge in [0.15, 0.2) is 0 Å². The third-order valence-electron chi connectivity index (χ3n) is 3.50. The van der Waals surface area contributed by atoms with Gasteiger partial charge in [-0.3, -0.25) is 0 Å². The summed E-state index contributed by atoms with van der Waals surface area (Å²) in [6.07, 6.45) is 0.883. The van der Waals surface area contributed by atoms with Crippen LogP contribution in [-0.4, -0.2) is 4.98 Å². The molecule has 0 aliphatic carbocycles. The Balaban J connectivity index is 2.23. The molecule has 0 bridgehead atoms. The van der Waals surface area contributed by atoms with Crippen LogP contribution in [0.2, 0.25) is 0 Å². The summed E-state index contributed by atoms with van der Waals surface area (Å²) in [5.74, 6) is 1.90. The van der Waals surface area contributed by atoms with Crippen LogP contribution in [0.3, 0.4) is 0 Å². The Kier molecular flexibility index (Phi) is 5.65. The molecular weight excluding hydrogens is 302 g/mol. The van der Waals surface area contributed by atoms with E-state index in [1.165, 1.54) is 5.56 Å². The Morgan fingerprint density at radius 2 is 2.10 bits per heavy atom. The number of ether oxygens (including phenoxy) is 1. The molecule has 0 radical (unpaired) electrons. The number of nitrogens with zero attached hydrogens (tertiary/aromatic N) is 1. The maximum absolute atomic E-state index is 6.23. The maximum Gasteiger partial charge on any atom is 0.150 e. The molecule has 1 aromatic carbocycles. The number of aromatic nitrogens is 1. The maximum atomic E-state index is 6.23. The van der Waals surface area contributed by atoms with Crippen molar-refractivity contribution in [1.82, 2.24) is 4.98 Å². The number of aryl methyl sites for hydroxylation is 1. The van der Waals surface area contributed by atoms with Gasteiger partial charge in [0.1, 0.15) is 16.9 Å². The molecule has 0 saturated heterocycles. The highest BCUT2D eigenvalue weighted by molar-refractivity contribution is 7.09. The van der Waals surface area contributed by atoms with Gasteiger partial charge >= 0.3 is 0 Å². The second-order valence-corrected chi connectivity index (χ2v) is 6.66.